The van der Waals surface area contributed by atoms with Crippen LogP contribution in [0.25, 0.3) is 11.3 Å². The van der Waals surface area contributed by atoms with E-state index in [0.29, 0.717) is 6.54 Å². The number of nitrogens with one attached hydrogen (secondary N) is 1. The summed E-state index contributed by atoms with van der Waals surface area (Å²) in [7, 11) is 0. The number of hydrogen-bond donors (Lipinski definition) is 2. The van der Waals surface area contributed by atoms with Crippen molar-refractivity contribution in [2.24, 2.45) is 5.73 Å². The van der Waals surface area contributed by atoms with Crippen LogP contribution in [0, 0.1) is 20.8 Å². The van der Waals surface area contributed by atoms with Gasteiger partial charge in [-0.1, -0.05) is 18.6 Å². The van der Waals surface area contributed by atoms with Crippen molar-refractivity contribution in [1.29, 1.82) is 0 Å². The Morgan fingerprint density at radius 1 is 1.20 bits per heavy atom. The average molecular weight is 269 g/mol. The first-order valence-corrected chi connectivity index (χ1v) is 7.40. The second-order valence-corrected chi connectivity index (χ2v) is 6.16. The molecule has 1 aliphatic carbocycles. The molecule has 0 unspecified atom stereocenters. The lowest BCUT2D eigenvalue weighted by Gasteiger charge is -2.39. The van der Waals surface area contributed by atoms with E-state index in [1.54, 1.807) is 0 Å². The van der Waals surface area contributed by atoms with Gasteiger partial charge in [0.25, 0.3) is 0 Å². The summed E-state index contributed by atoms with van der Waals surface area (Å²) in [5.74, 6) is 1.07. The minimum atomic E-state index is 0.103. The minimum absolute atomic E-state index is 0.103. The van der Waals surface area contributed by atoms with Gasteiger partial charge in [0.15, 0.2) is 0 Å². The molecule has 0 radical (unpaired) electrons. The first-order chi connectivity index (χ1) is 9.57. The first kappa shape index (κ1) is 13.4. The molecule has 1 aliphatic rings. The molecule has 20 heavy (non-hydrogen) atoms. The van der Waals surface area contributed by atoms with Crippen LogP contribution in [-0.2, 0) is 5.41 Å². The highest BCUT2D eigenvalue weighted by molar-refractivity contribution is 5.65. The molecule has 0 amide bonds. The van der Waals surface area contributed by atoms with Gasteiger partial charge in [-0.05, 0) is 50.3 Å². The molecular weight excluding hydrogens is 246 g/mol. The number of nitrogens with zero attached hydrogens (tertiary/aromatic N) is 1. The Kier molecular flexibility index (Phi) is 3.17. The molecule has 3 rings (SSSR count). The zero-order chi connectivity index (χ0) is 14.3. The van der Waals surface area contributed by atoms with Gasteiger partial charge in [0, 0.05) is 17.5 Å². The Labute approximate surface area is 120 Å². The van der Waals surface area contributed by atoms with Gasteiger partial charge in [-0.3, -0.25) is 0 Å². The van der Waals surface area contributed by atoms with Crippen molar-refractivity contribution in [3.8, 4) is 11.3 Å². The molecule has 0 aliphatic heterocycles. The van der Waals surface area contributed by atoms with Gasteiger partial charge >= 0.3 is 0 Å². The predicted molar refractivity (Wildman–Crippen MR) is 82.8 cm³/mol. The van der Waals surface area contributed by atoms with Crippen LogP contribution >= 0.6 is 0 Å². The van der Waals surface area contributed by atoms with Crippen LogP contribution in [0.5, 0.6) is 0 Å². The number of aryl methyl sites for hydroxylation is 1. The smallest absolute Gasteiger partial charge is 0.114 e. The quantitative estimate of drug-likeness (QED) is 0.897. The highest BCUT2D eigenvalue weighted by Crippen LogP contribution is 2.42. The van der Waals surface area contributed by atoms with Gasteiger partial charge in [0.05, 0.1) is 11.9 Å². The van der Waals surface area contributed by atoms with Crippen LogP contribution in [0.2, 0.25) is 0 Å². The van der Waals surface area contributed by atoms with Crippen molar-refractivity contribution in [2.75, 3.05) is 6.54 Å². The number of nitrogens with two attached hydrogens (primary N) is 1. The molecule has 106 valence electrons. The average Bonchev–Trinajstić information content (AvgIpc) is 2.85. The summed E-state index contributed by atoms with van der Waals surface area (Å²) in [5, 5.41) is 0. The van der Waals surface area contributed by atoms with Crippen molar-refractivity contribution in [3.05, 3.63) is 40.8 Å². The Morgan fingerprint density at radius 2 is 1.95 bits per heavy atom. The van der Waals surface area contributed by atoms with Crippen LogP contribution < -0.4 is 5.73 Å². The van der Waals surface area contributed by atoms with E-state index in [1.165, 1.54) is 28.7 Å². The van der Waals surface area contributed by atoms with Gasteiger partial charge in [-0.25, -0.2) is 4.98 Å². The van der Waals surface area contributed by atoms with E-state index in [1.807, 2.05) is 6.20 Å². The predicted octanol–water partition coefficient (Wildman–Crippen LogP) is 3.38. The van der Waals surface area contributed by atoms with E-state index < -0.39 is 0 Å². The monoisotopic (exact) mass is 269 g/mol. The van der Waals surface area contributed by atoms with Crippen molar-refractivity contribution in [3.63, 3.8) is 0 Å². The largest absolute Gasteiger partial charge is 0.341 e. The fourth-order valence-corrected chi connectivity index (χ4v) is 3.12. The van der Waals surface area contributed by atoms with Gasteiger partial charge in [-0.2, -0.15) is 0 Å². The van der Waals surface area contributed by atoms with Gasteiger partial charge < -0.3 is 10.7 Å². The number of rotatable bonds is 3. The highest BCUT2D eigenvalue weighted by atomic mass is 15.0. The molecule has 1 fully saturated rings. The fourth-order valence-electron chi connectivity index (χ4n) is 3.12. The van der Waals surface area contributed by atoms with E-state index in [-0.39, 0.29) is 5.41 Å². The number of aromatic amines is 1. The zero-order valence-corrected chi connectivity index (χ0v) is 12.6. The Morgan fingerprint density at radius 3 is 2.55 bits per heavy atom. The first-order valence-electron chi connectivity index (χ1n) is 7.40. The minimum Gasteiger partial charge on any atom is -0.341 e. The molecule has 3 nitrogen and oxygen atoms in total. The van der Waals surface area contributed by atoms with E-state index in [0.717, 1.165) is 24.4 Å². The summed E-state index contributed by atoms with van der Waals surface area (Å²) in [4.78, 5) is 8.13. The van der Waals surface area contributed by atoms with E-state index in [4.69, 9.17) is 5.73 Å². The maximum Gasteiger partial charge on any atom is 0.114 e. The summed E-state index contributed by atoms with van der Waals surface area (Å²) in [6.45, 7) is 7.20. The topological polar surface area (TPSA) is 54.7 Å². The van der Waals surface area contributed by atoms with E-state index in [9.17, 15) is 0 Å². The SMILES string of the molecule is Cc1ccc(-c2cnc(C3(CN)CCC3)[nH]2)c(C)c1C. The Bertz CT molecular complexity index is 630. The molecule has 0 atom stereocenters. The third kappa shape index (κ3) is 1.88. The molecule has 1 aromatic heterocycles. The standard InChI is InChI=1S/C17H23N3/c1-11-5-6-14(13(3)12(11)2)15-9-19-16(20-15)17(10-18)7-4-8-17/h5-6,9H,4,7-8,10,18H2,1-3H3,(H,19,20). The third-order valence-corrected chi connectivity index (χ3v) is 5.13. The molecule has 2 aromatic rings. The van der Waals surface area contributed by atoms with Gasteiger partial charge in [0.2, 0.25) is 0 Å². The molecule has 3 N–H and O–H groups in total. The number of aromatic nitrogens is 2. The summed E-state index contributed by atoms with van der Waals surface area (Å²) >= 11 is 0. The third-order valence-electron chi connectivity index (χ3n) is 5.13. The Balaban J connectivity index is 2.01. The molecule has 0 saturated heterocycles. The summed E-state index contributed by atoms with van der Waals surface area (Å²) < 4.78 is 0. The van der Waals surface area contributed by atoms with Crippen molar-refractivity contribution < 1.29 is 0 Å². The van der Waals surface area contributed by atoms with Crippen LogP contribution in [-0.4, -0.2) is 16.5 Å². The molecule has 1 aromatic carbocycles. The second kappa shape index (κ2) is 4.74. The highest BCUT2D eigenvalue weighted by Gasteiger charge is 2.39. The summed E-state index contributed by atoms with van der Waals surface area (Å²) in [5.41, 5.74) is 12.4. The van der Waals surface area contributed by atoms with Crippen LogP contribution in [0.3, 0.4) is 0 Å². The number of hydrogen-bond acceptors (Lipinski definition) is 2. The van der Waals surface area contributed by atoms with Gasteiger partial charge in [0.1, 0.15) is 5.82 Å². The van der Waals surface area contributed by atoms with Crippen molar-refractivity contribution in [2.45, 2.75) is 45.4 Å². The summed E-state index contributed by atoms with van der Waals surface area (Å²) in [6.07, 6.45) is 5.53. The van der Waals surface area contributed by atoms with Crippen molar-refractivity contribution in [1.82, 2.24) is 9.97 Å². The number of benzene rings is 1. The van der Waals surface area contributed by atoms with E-state index in [2.05, 4.69) is 42.9 Å². The summed E-state index contributed by atoms with van der Waals surface area (Å²) in [6, 6.07) is 4.37. The zero-order valence-electron chi connectivity index (χ0n) is 12.6. The fraction of sp³-hybridized carbons (Fsp3) is 0.471. The van der Waals surface area contributed by atoms with Crippen molar-refractivity contribution >= 4 is 0 Å². The Hall–Kier alpha value is -1.61. The normalized spacial score (nSPS) is 17.0. The lowest BCUT2D eigenvalue weighted by Crippen LogP contribution is -2.42. The number of imidazole rings is 1. The maximum absolute atomic E-state index is 5.96. The molecule has 1 heterocycles. The molecule has 0 bridgehead atoms. The number of H-pyrrole nitrogens is 1. The molecule has 1 saturated carbocycles. The van der Waals surface area contributed by atoms with Gasteiger partial charge in [-0.15, -0.1) is 0 Å². The lowest BCUT2D eigenvalue weighted by molar-refractivity contribution is 0.240. The maximum atomic E-state index is 5.96. The second-order valence-electron chi connectivity index (χ2n) is 6.16. The van der Waals surface area contributed by atoms with Crippen LogP contribution in [0.15, 0.2) is 18.3 Å². The van der Waals surface area contributed by atoms with Crippen LogP contribution in [0.1, 0.15) is 41.8 Å². The van der Waals surface area contributed by atoms with Crippen LogP contribution in [0.4, 0.5) is 0 Å². The lowest BCUT2D eigenvalue weighted by atomic mass is 9.68. The molecular formula is C17H23N3. The molecule has 0 spiro atoms. The van der Waals surface area contributed by atoms with E-state index >= 15 is 0 Å². The molecule has 3 heteroatoms.